The Bertz CT molecular complexity index is 857. The van der Waals surface area contributed by atoms with E-state index in [2.05, 4.69) is 26.3 Å². The molecule has 130 valence electrons. The summed E-state index contributed by atoms with van der Waals surface area (Å²) in [5.41, 5.74) is 0.944. The summed E-state index contributed by atoms with van der Waals surface area (Å²) in [6, 6.07) is 10.9. The monoisotopic (exact) mass is 403 g/mol. The summed E-state index contributed by atoms with van der Waals surface area (Å²) in [7, 11) is 0. The van der Waals surface area contributed by atoms with E-state index in [9.17, 15) is 4.79 Å². The fourth-order valence-corrected chi connectivity index (χ4v) is 2.63. The highest BCUT2D eigenvalue weighted by Gasteiger charge is 2.12. The third-order valence-corrected chi connectivity index (χ3v) is 4.21. The lowest BCUT2D eigenvalue weighted by Gasteiger charge is -2.06. The normalized spacial score (nSPS) is 10.6. The van der Waals surface area contributed by atoms with Crippen LogP contribution in [0.2, 0.25) is 0 Å². The van der Waals surface area contributed by atoms with Gasteiger partial charge in [-0.1, -0.05) is 12.1 Å². The maximum atomic E-state index is 12.2. The van der Waals surface area contributed by atoms with Crippen LogP contribution in [0.3, 0.4) is 0 Å². The largest absolute Gasteiger partial charge is 0.484 e. The zero-order valence-electron chi connectivity index (χ0n) is 13.7. The van der Waals surface area contributed by atoms with E-state index in [1.807, 2.05) is 42.1 Å². The molecule has 0 saturated heterocycles. The van der Waals surface area contributed by atoms with Crippen LogP contribution in [0, 0.1) is 0 Å². The third-order valence-electron chi connectivity index (χ3n) is 3.56. The average molecular weight is 404 g/mol. The standard InChI is InChI=1S/C18H18BrN3O3/c1-2-22-11-13(10-21-22)9-20-18(23)17-8-7-14(25-17)12-24-16-6-4-3-5-15(16)19/h3-8,10-11H,2,9,12H2,1H3,(H,20,23). The quantitative estimate of drug-likeness (QED) is 0.651. The van der Waals surface area contributed by atoms with Crippen LogP contribution in [0.1, 0.15) is 28.8 Å². The molecule has 0 aliphatic carbocycles. The highest BCUT2D eigenvalue weighted by Crippen LogP contribution is 2.25. The second kappa shape index (κ2) is 8.02. The van der Waals surface area contributed by atoms with E-state index in [1.54, 1.807) is 18.3 Å². The Kier molecular flexibility index (Phi) is 5.55. The van der Waals surface area contributed by atoms with Crippen molar-refractivity contribution in [2.75, 3.05) is 0 Å². The first-order chi connectivity index (χ1) is 12.2. The molecule has 0 aliphatic heterocycles. The minimum Gasteiger partial charge on any atom is -0.484 e. The molecular formula is C18H18BrN3O3. The minimum absolute atomic E-state index is 0.249. The number of carbonyl (C=O) groups is 1. The number of hydrogen-bond donors (Lipinski definition) is 1. The van der Waals surface area contributed by atoms with Gasteiger partial charge in [0.05, 0.1) is 10.7 Å². The number of rotatable bonds is 7. The molecule has 6 nitrogen and oxygen atoms in total. The fourth-order valence-electron chi connectivity index (χ4n) is 2.23. The van der Waals surface area contributed by atoms with Crippen molar-refractivity contribution in [1.82, 2.24) is 15.1 Å². The van der Waals surface area contributed by atoms with Crippen molar-refractivity contribution in [3.8, 4) is 5.75 Å². The lowest BCUT2D eigenvalue weighted by molar-refractivity contribution is 0.0919. The van der Waals surface area contributed by atoms with Crippen molar-refractivity contribution in [3.05, 3.63) is 70.3 Å². The molecule has 3 aromatic rings. The van der Waals surface area contributed by atoms with Crippen LogP contribution < -0.4 is 10.1 Å². The molecule has 3 rings (SSSR count). The first kappa shape index (κ1) is 17.3. The van der Waals surface area contributed by atoms with Crippen molar-refractivity contribution in [1.29, 1.82) is 0 Å². The molecule has 1 amide bonds. The number of nitrogens with one attached hydrogen (secondary N) is 1. The summed E-state index contributed by atoms with van der Waals surface area (Å²) in [5, 5.41) is 6.99. The van der Waals surface area contributed by atoms with Gasteiger partial charge in [0.1, 0.15) is 18.1 Å². The number of hydrogen-bond acceptors (Lipinski definition) is 4. The number of aromatic nitrogens is 2. The topological polar surface area (TPSA) is 69.3 Å². The van der Waals surface area contributed by atoms with Gasteiger partial charge in [-0.2, -0.15) is 5.10 Å². The second-order valence-electron chi connectivity index (χ2n) is 5.37. The Hall–Kier alpha value is -2.54. The number of benzene rings is 1. The molecule has 2 aromatic heterocycles. The number of halogens is 1. The smallest absolute Gasteiger partial charge is 0.287 e. The van der Waals surface area contributed by atoms with Gasteiger partial charge < -0.3 is 14.5 Å². The minimum atomic E-state index is -0.267. The molecule has 0 unspecified atom stereocenters. The summed E-state index contributed by atoms with van der Waals surface area (Å²) in [5.74, 6) is 1.29. The molecule has 0 bridgehead atoms. The predicted octanol–water partition coefficient (Wildman–Crippen LogP) is 3.77. The lowest BCUT2D eigenvalue weighted by atomic mass is 10.3. The number of para-hydroxylation sites is 1. The summed E-state index contributed by atoms with van der Waals surface area (Å²) < 4.78 is 13.9. The summed E-state index contributed by atoms with van der Waals surface area (Å²) in [6.07, 6.45) is 3.64. The van der Waals surface area contributed by atoms with Crippen LogP contribution in [0.5, 0.6) is 5.75 Å². The molecule has 0 spiro atoms. The van der Waals surface area contributed by atoms with Gasteiger partial charge in [-0.25, -0.2) is 0 Å². The maximum absolute atomic E-state index is 12.2. The highest BCUT2D eigenvalue weighted by molar-refractivity contribution is 9.10. The lowest BCUT2D eigenvalue weighted by Crippen LogP contribution is -2.22. The predicted molar refractivity (Wildman–Crippen MR) is 96.3 cm³/mol. The molecule has 0 aliphatic rings. The van der Waals surface area contributed by atoms with E-state index >= 15 is 0 Å². The van der Waals surface area contributed by atoms with Crippen molar-refractivity contribution in [2.24, 2.45) is 0 Å². The maximum Gasteiger partial charge on any atom is 0.287 e. The average Bonchev–Trinajstić information content (AvgIpc) is 3.28. The number of ether oxygens (including phenoxy) is 1. The molecule has 1 aromatic carbocycles. The van der Waals surface area contributed by atoms with Gasteiger partial charge in [-0.15, -0.1) is 0 Å². The van der Waals surface area contributed by atoms with Gasteiger partial charge in [0.25, 0.3) is 5.91 Å². The Labute approximate surface area is 153 Å². The van der Waals surface area contributed by atoms with Gasteiger partial charge in [-0.3, -0.25) is 9.48 Å². The molecule has 0 atom stereocenters. The molecule has 1 N–H and O–H groups in total. The van der Waals surface area contributed by atoms with E-state index in [0.29, 0.717) is 12.3 Å². The Morgan fingerprint density at radius 1 is 1.32 bits per heavy atom. The van der Waals surface area contributed by atoms with Crippen LogP contribution in [0.4, 0.5) is 0 Å². The molecule has 2 heterocycles. The van der Waals surface area contributed by atoms with Crippen LogP contribution in [-0.2, 0) is 19.7 Å². The van der Waals surface area contributed by atoms with Gasteiger partial charge >= 0.3 is 0 Å². The van der Waals surface area contributed by atoms with Crippen molar-refractivity contribution >= 4 is 21.8 Å². The van der Waals surface area contributed by atoms with Crippen LogP contribution in [0.15, 0.2) is 57.7 Å². The van der Waals surface area contributed by atoms with Crippen molar-refractivity contribution < 1.29 is 13.9 Å². The molecule has 0 radical (unpaired) electrons. The van der Waals surface area contributed by atoms with Crippen molar-refractivity contribution in [3.63, 3.8) is 0 Å². The van der Waals surface area contributed by atoms with E-state index in [4.69, 9.17) is 9.15 Å². The van der Waals surface area contributed by atoms with Gasteiger partial charge in [0.2, 0.25) is 0 Å². The fraction of sp³-hybridized carbons (Fsp3) is 0.222. The van der Waals surface area contributed by atoms with Crippen LogP contribution in [0.25, 0.3) is 0 Å². The molecule has 0 fully saturated rings. The zero-order valence-corrected chi connectivity index (χ0v) is 15.3. The van der Waals surface area contributed by atoms with E-state index in [1.165, 1.54) is 0 Å². The highest BCUT2D eigenvalue weighted by atomic mass is 79.9. The Morgan fingerprint density at radius 3 is 2.92 bits per heavy atom. The first-order valence-electron chi connectivity index (χ1n) is 7.91. The first-order valence-corrected chi connectivity index (χ1v) is 8.70. The van der Waals surface area contributed by atoms with Gasteiger partial charge in [-0.05, 0) is 47.1 Å². The van der Waals surface area contributed by atoms with Gasteiger partial charge in [0.15, 0.2) is 5.76 Å². The summed E-state index contributed by atoms with van der Waals surface area (Å²) in [4.78, 5) is 12.2. The molecule has 25 heavy (non-hydrogen) atoms. The van der Waals surface area contributed by atoms with Crippen LogP contribution in [-0.4, -0.2) is 15.7 Å². The molecule has 7 heteroatoms. The van der Waals surface area contributed by atoms with Crippen LogP contribution >= 0.6 is 15.9 Å². The number of aryl methyl sites for hydroxylation is 1. The molecular weight excluding hydrogens is 386 g/mol. The number of furan rings is 1. The van der Waals surface area contributed by atoms with E-state index in [-0.39, 0.29) is 18.3 Å². The number of carbonyl (C=O) groups excluding carboxylic acids is 1. The zero-order chi connectivity index (χ0) is 17.6. The third kappa shape index (κ3) is 4.51. The Morgan fingerprint density at radius 2 is 2.16 bits per heavy atom. The SMILES string of the molecule is CCn1cc(CNC(=O)c2ccc(COc3ccccc3Br)o2)cn1. The van der Waals surface area contributed by atoms with E-state index in [0.717, 1.165) is 22.3 Å². The van der Waals surface area contributed by atoms with Crippen molar-refractivity contribution in [2.45, 2.75) is 26.6 Å². The van der Waals surface area contributed by atoms with E-state index < -0.39 is 0 Å². The number of amides is 1. The molecule has 0 saturated carbocycles. The van der Waals surface area contributed by atoms with Gasteiger partial charge in [0, 0.05) is 24.8 Å². The Balaban J connectivity index is 1.53. The second-order valence-corrected chi connectivity index (χ2v) is 6.23. The summed E-state index contributed by atoms with van der Waals surface area (Å²) >= 11 is 3.42. The number of nitrogens with zero attached hydrogens (tertiary/aromatic N) is 2. The summed E-state index contributed by atoms with van der Waals surface area (Å²) in [6.45, 7) is 3.46.